The van der Waals surface area contributed by atoms with Gasteiger partial charge in [-0.25, -0.2) is 9.97 Å². The number of nitrogens with two attached hydrogens (primary N) is 1. The number of rotatable bonds is 8. The summed E-state index contributed by atoms with van der Waals surface area (Å²) in [5.41, 5.74) is 5.61. The fourth-order valence-corrected chi connectivity index (χ4v) is 1.65. The Hall–Kier alpha value is -1.36. The van der Waals surface area contributed by atoms with Gasteiger partial charge in [-0.15, -0.1) is 0 Å². The summed E-state index contributed by atoms with van der Waals surface area (Å²) in [6.45, 7) is 7.68. The number of ether oxygens (including phenoxy) is 1. The van der Waals surface area contributed by atoms with Crippen molar-refractivity contribution in [3.63, 3.8) is 0 Å². The van der Waals surface area contributed by atoms with Gasteiger partial charge in [0.15, 0.2) is 0 Å². The second-order valence-corrected chi connectivity index (χ2v) is 4.67. The van der Waals surface area contributed by atoms with Crippen LogP contribution in [0.4, 0.5) is 5.82 Å². The maximum absolute atomic E-state index is 5.64. The summed E-state index contributed by atoms with van der Waals surface area (Å²) < 4.78 is 5.49. The quantitative estimate of drug-likeness (QED) is 0.742. The molecule has 102 valence electrons. The van der Waals surface area contributed by atoms with Crippen molar-refractivity contribution in [3.8, 4) is 5.88 Å². The van der Waals surface area contributed by atoms with Crippen molar-refractivity contribution in [1.82, 2.24) is 9.97 Å². The molecule has 1 unspecified atom stereocenters. The summed E-state index contributed by atoms with van der Waals surface area (Å²) in [4.78, 5) is 8.30. The van der Waals surface area contributed by atoms with Gasteiger partial charge in [-0.05, 0) is 32.7 Å². The van der Waals surface area contributed by atoms with E-state index in [1.54, 1.807) is 0 Å². The van der Waals surface area contributed by atoms with Gasteiger partial charge in [0.1, 0.15) is 12.1 Å². The summed E-state index contributed by atoms with van der Waals surface area (Å²) in [6, 6.07) is 1.83. The molecule has 1 rings (SSSR count). The fourth-order valence-electron chi connectivity index (χ4n) is 1.65. The molecular formula is C13H24N4O. The van der Waals surface area contributed by atoms with E-state index in [4.69, 9.17) is 10.5 Å². The number of anilines is 1. The molecule has 1 atom stereocenters. The Labute approximate surface area is 109 Å². The third-order valence-electron chi connectivity index (χ3n) is 3.00. The molecule has 1 heterocycles. The van der Waals surface area contributed by atoms with Gasteiger partial charge in [0.25, 0.3) is 0 Å². The van der Waals surface area contributed by atoms with Crippen molar-refractivity contribution < 1.29 is 4.74 Å². The molecule has 0 aliphatic carbocycles. The average Bonchev–Trinajstić information content (AvgIpc) is 2.37. The molecule has 0 fully saturated rings. The van der Waals surface area contributed by atoms with E-state index in [9.17, 15) is 0 Å². The molecule has 18 heavy (non-hydrogen) atoms. The zero-order valence-corrected chi connectivity index (χ0v) is 11.6. The summed E-state index contributed by atoms with van der Waals surface area (Å²) >= 11 is 0. The molecule has 0 saturated carbocycles. The predicted octanol–water partition coefficient (Wildman–Crippen LogP) is 2.19. The van der Waals surface area contributed by atoms with Gasteiger partial charge in [0.2, 0.25) is 5.88 Å². The molecule has 5 heteroatoms. The van der Waals surface area contributed by atoms with E-state index in [0.717, 1.165) is 25.1 Å². The molecule has 0 saturated heterocycles. The van der Waals surface area contributed by atoms with E-state index >= 15 is 0 Å². The zero-order chi connectivity index (χ0) is 13.4. The molecule has 1 aromatic rings. The molecule has 0 aliphatic heterocycles. The van der Waals surface area contributed by atoms with Crippen LogP contribution in [0, 0.1) is 0 Å². The fraction of sp³-hybridized carbons (Fsp3) is 0.692. The van der Waals surface area contributed by atoms with Crippen LogP contribution >= 0.6 is 0 Å². The molecular weight excluding hydrogens is 228 g/mol. The van der Waals surface area contributed by atoms with Crippen LogP contribution in [0.15, 0.2) is 12.4 Å². The number of nitrogens with zero attached hydrogens (tertiary/aromatic N) is 2. The highest BCUT2D eigenvalue weighted by Gasteiger charge is 2.21. The number of nitrogens with one attached hydrogen (secondary N) is 1. The smallest absolute Gasteiger partial charge is 0.218 e. The van der Waals surface area contributed by atoms with Crippen LogP contribution in [0.2, 0.25) is 0 Å². The van der Waals surface area contributed by atoms with Gasteiger partial charge in [-0.3, -0.25) is 0 Å². The predicted molar refractivity (Wildman–Crippen MR) is 73.8 cm³/mol. The molecule has 5 nitrogen and oxygen atoms in total. The maximum atomic E-state index is 5.64. The van der Waals surface area contributed by atoms with Crippen LogP contribution in [0.25, 0.3) is 0 Å². The Kier molecular flexibility index (Phi) is 5.85. The van der Waals surface area contributed by atoms with Gasteiger partial charge in [0.05, 0.1) is 6.61 Å². The van der Waals surface area contributed by atoms with Gasteiger partial charge < -0.3 is 15.8 Å². The Morgan fingerprint density at radius 1 is 1.39 bits per heavy atom. The Bertz CT molecular complexity index is 359. The largest absolute Gasteiger partial charge is 0.478 e. The van der Waals surface area contributed by atoms with E-state index < -0.39 is 0 Å². The highest BCUT2D eigenvalue weighted by Crippen LogP contribution is 2.21. The molecule has 3 N–H and O–H groups in total. The van der Waals surface area contributed by atoms with Crippen LogP contribution in [0.1, 0.15) is 40.0 Å². The normalized spacial score (nSPS) is 14.0. The third-order valence-corrected chi connectivity index (χ3v) is 3.00. The lowest BCUT2D eigenvalue weighted by molar-refractivity contribution is 0.304. The first-order valence-electron chi connectivity index (χ1n) is 6.56. The Morgan fingerprint density at radius 2 is 2.17 bits per heavy atom. The van der Waals surface area contributed by atoms with Gasteiger partial charge in [-0.2, -0.15) is 0 Å². The van der Waals surface area contributed by atoms with Gasteiger partial charge >= 0.3 is 0 Å². The topological polar surface area (TPSA) is 73.1 Å². The van der Waals surface area contributed by atoms with Crippen LogP contribution in [-0.4, -0.2) is 28.7 Å². The zero-order valence-electron chi connectivity index (χ0n) is 11.6. The van der Waals surface area contributed by atoms with Crippen molar-refractivity contribution >= 4 is 5.82 Å². The second kappa shape index (κ2) is 7.16. The van der Waals surface area contributed by atoms with Crippen molar-refractivity contribution in [2.24, 2.45) is 5.73 Å². The Morgan fingerprint density at radius 3 is 2.78 bits per heavy atom. The van der Waals surface area contributed by atoms with Gasteiger partial charge in [-0.1, -0.05) is 13.8 Å². The molecule has 0 aliphatic rings. The van der Waals surface area contributed by atoms with E-state index in [0.29, 0.717) is 19.0 Å². The second-order valence-electron chi connectivity index (χ2n) is 4.67. The highest BCUT2D eigenvalue weighted by atomic mass is 16.5. The molecule has 0 spiro atoms. The van der Waals surface area contributed by atoms with Crippen molar-refractivity contribution in [2.75, 3.05) is 18.5 Å². The monoisotopic (exact) mass is 252 g/mol. The lowest BCUT2D eigenvalue weighted by atomic mass is 9.94. The third kappa shape index (κ3) is 4.49. The highest BCUT2D eigenvalue weighted by molar-refractivity contribution is 5.39. The molecule has 0 radical (unpaired) electrons. The summed E-state index contributed by atoms with van der Waals surface area (Å²) in [5, 5.41) is 3.41. The summed E-state index contributed by atoms with van der Waals surface area (Å²) in [7, 11) is 0. The van der Waals surface area contributed by atoms with Gasteiger partial charge in [0, 0.05) is 11.6 Å². The summed E-state index contributed by atoms with van der Waals surface area (Å²) in [6.07, 6.45) is 4.37. The summed E-state index contributed by atoms with van der Waals surface area (Å²) in [5.74, 6) is 1.40. The number of aromatic nitrogens is 2. The van der Waals surface area contributed by atoms with Crippen LogP contribution in [-0.2, 0) is 0 Å². The minimum Gasteiger partial charge on any atom is -0.478 e. The first-order chi connectivity index (χ1) is 8.63. The first kappa shape index (κ1) is 14.7. The van der Waals surface area contributed by atoms with Crippen molar-refractivity contribution in [3.05, 3.63) is 12.4 Å². The number of hydrogen-bond acceptors (Lipinski definition) is 5. The lowest BCUT2D eigenvalue weighted by Crippen LogP contribution is -2.36. The van der Waals surface area contributed by atoms with E-state index in [1.165, 1.54) is 6.33 Å². The molecule has 0 bridgehead atoms. The maximum Gasteiger partial charge on any atom is 0.218 e. The van der Waals surface area contributed by atoms with E-state index in [2.05, 4.69) is 36.1 Å². The Balaban J connectivity index is 2.71. The van der Waals surface area contributed by atoms with Crippen molar-refractivity contribution in [2.45, 2.75) is 45.6 Å². The van der Waals surface area contributed by atoms with E-state index in [-0.39, 0.29) is 5.54 Å². The average molecular weight is 252 g/mol. The van der Waals surface area contributed by atoms with Crippen LogP contribution < -0.4 is 15.8 Å². The molecule has 0 aromatic carbocycles. The first-order valence-corrected chi connectivity index (χ1v) is 6.56. The standard InChI is InChI=1S/C13H24N4O/c1-4-8-18-12-9-11(15-10-16-12)17-13(3,5-2)6-7-14/h9-10H,4-8,14H2,1-3H3,(H,15,16,17). The van der Waals surface area contributed by atoms with Crippen LogP contribution in [0.5, 0.6) is 5.88 Å². The minimum absolute atomic E-state index is 0.0366. The number of hydrogen-bond donors (Lipinski definition) is 2. The minimum atomic E-state index is -0.0366. The van der Waals surface area contributed by atoms with Crippen molar-refractivity contribution in [1.29, 1.82) is 0 Å². The van der Waals surface area contributed by atoms with E-state index in [1.807, 2.05) is 6.07 Å². The molecule has 0 amide bonds. The van der Waals surface area contributed by atoms with Crippen LogP contribution in [0.3, 0.4) is 0 Å². The molecule has 1 aromatic heterocycles. The SMILES string of the molecule is CCCOc1cc(NC(C)(CC)CCN)ncn1. The lowest BCUT2D eigenvalue weighted by Gasteiger charge is -2.29.